The van der Waals surface area contributed by atoms with E-state index in [1.165, 1.54) is 12.1 Å². The van der Waals surface area contributed by atoms with Crippen molar-refractivity contribution in [2.24, 2.45) is 0 Å². The first-order valence-corrected chi connectivity index (χ1v) is 11.8. The Kier molecular flexibility index (Phi) is 6.30. The van der Waals surface area contributed by atoms with Crippen LogP contribution >= 0.6 is 0 Å². The van der Waals surface area contributed by atoms with Crippen LogP contribution < -0.4 is 4.18 Å². The molecule has 0 spiro atoms. The summed E-state index contributed by atoms with van der Waals surface area (Å²) in [5.74, 6) is 0.164. The summed E-state index contributed by atoms with van der Waals surface area (Å²) in [6, 6.07) is 23.0. The van der Waals surface area contributed by atoms with Crippen LogP contribution in [0.15, 0.2) is 83.8 Å². The molecule has 32 heavy (non-hydrogen) atoms. The molecule has 1 saturated heterocycles. The molecular weight excluding hydrogens is 426 g/mol. The number of hydrogen-bond donors (Lipinski definition) is 0. The van der Waals surface area contributed by atoms with E-state index in [2.05, 4.69) is 0 Å². The molecule has 0 radical (unpaired) electrons. The van der Waals surface area contributed by atoms with Crippen molar-refractivity contribution in [3.8, 4) is 5.75 Å². The molecule has 0 bridgehead atoms. The number of carbonyl (C=O) groups is 1. The Morgan fingerprint density at radius 2 is 1.62 bits per heavy atom. The first kappa shape index (κ1) is 22.0. The van der Waals surface area contributed by atoms with Crippen molar-refractivity contribution in [1.82, 2.24) is 4.90 Å². The molecule has 1 amide bonds. The van der Waals surface area contributed by atoms with Gasteiger partial charge in [-0.1, -0.05) is 60.2 Å². The van der Waals surface area contributed by atoms with Gasteiger partial charge in [0.1, 0.15) is 23.4 Å². The van der Waals surface area contributed by atoms with Crippen LogP contribution in [0.3, 0.4) is 0 Å². The van der Waals surface area contributed by atoms with Gasteiger partial charge in [0, 0.05) is 0 Å². The predicted octanol–water partition coefficient (Wildman–Crippen LogP) is 4.42. The molecule has 0 N–H and O–H groups in total. The highest BCUT2D eigenvalue weighted by Crippen LogP contribution is 2.30. The third-order valence-electron chi connectivity index (χ3n) is 5.61. The SMILES string of the molecule is Cc1ccc(S(=O)(=O)Oc2ccc([C@H]3CN([C@H](C)c4ccccc4)C(=O)CO3)cc2)cc1. The number of rotatable bonds is 6. The van der Waals surface area contributed by atoms with Crippen LogP contribution in [-0.2, 0) is 19.6 Å². The highest BCUT2D eigenvalue weighted by Gasteiger charge is 2.31. The number of aryl methyl sites for hydroxylation is 1. The summed E-state index contributed by atoms with van der Waals surface area (Å²) in [4.78, 5) is 14.4. The minimum atomic E-state index is -3.91. The Morgan fingerprint density at radius 3 is 2.28 bits per heavy atom. The average Bonchev–Trinajstić information content (AvgIpc) is 2.80. The van der Waals surface area contributed by atoms with Crippen LogP contribution in [0.1, 0.15) is 35.8 Å². The van der Waals surface area contributed by atoms with E-state index in [1.807, 2.05) is 49.1 Å². The molecule has 0 unspecified atom stereocenters. The largest absolute Gasteiger partial charge is 0.379 e. The van der Waals surface area contributed by atoms with Crippen molar-refractivity contribution >= 4 is 16.0 Å². The first-order valence-electron chi connectivity index (χ1n) is 10.4. The van der Waals surface area contributed by atoms with Crippen LogP contribution in [0.5, 0.6) is 5.75 Å². The highest BCUT2D eigenvalue weighted by atomic mass is 32.2. The Hall–Kier alpha value is -3.16. The van der Waals surface area contributed by atoms with Crippen molar-refractivity contribution in [3.05, 3.63) is 95.6 Å². The summed E-state index contributed by atoms with van der Waals surface area (Å²) in [6.45, 7) is 4.31. The number of benzene rings is 3. The van der Waals surface area contributed by atoms with Crippen LogP contribution in [0.2, 0.25) is 0 Å². The van der Waals surface area contributed by atoms with Gasteiger partial charge in [0.15, 0.2) is 0 Å². The predicted molar refractivity (Wildman–Crippen MR) is 121 cm³/mol. The molecule has 0 aliphatic carbocycles. The van der Waals surface area contributed by atoms with E-state index >= 15 is 0 Å². The van der Waals surface area contributed by atoms with Crippen LogP contribution in [0.25, 0.3) is 0 Å². The molecule has 1 fully saturated rings. The third-order valence-corrected chi connectivity index (χ3v) is 6.87. The maximum absolute atomic E-state index is 12.5. The molecule has 7 heteroatoms. The van der Waals surface area contributed by atoms with Gasteiger partial charge < -0.3 is 13.8 Å². The molecule has 1 aliphatic heterocycles. The zero-order chi connectivity index (χ0) is 22.7. The molecule has 4 rings (SSSR count). The van der Waals surface area contributed by atoms with E-state index in [1.54, 1.807) is 36.4 Å². The number of morpholine rings is 1. The lowest BCUT2D eigenvalue weighted by atomic mass is 10.0. The molecule has 0 saturated carbocycles. The van der Waals surface area contributed by atoms with Gasteiger partial charge in [-0.25, -0.2) is 0 Å². The van der Waals surface area contributed by atoms with Crippen molar-refractivity contribution in [1.29, 1.82) is 0 Å². The molecule has 0 aromatic heterocycles. The standard InChI is InChI=1S/C25H25NO5S/c1-18-8-14-23(15-9-18)32(28,29)31-22-12-10-21(11-13-22)24-16-26(25(27)17-30-24)19(2)20-6-4-3-5-7-20/h3-15,19,24H,16-17H2,1-2H3/t19-,24-/m1/s1. The van der Waals surface area contributed by atoms with E-state index in [9.17, 15) is 13.2 Å². The quantitative estimate of drug-likeness (QED) is 0.519. The highest BCUT2D eigenvalue weighted by molar-refractivity contribution is 7.87. The summed E-state index contributed by atoms with van der Waals surface area (Å²) in [5, 5.41) is 0. The Morgan fingerprint density at radius 1 is 0.969 bits per heavy atom. The van der Waals surface area contributed by atoms with Gasteiger partial charge in [0.2, 0.25) is 5.91 Å². The summed E-state index contributed by atoms with van der Waals surface area (Å²) in [5.41, 5.74) is 2.88. The van der Waals surface area contributed by atoms with Gasteiger partial charge in [-0.15, -0.1) is 0 Å². The molecule has 3 aromatic carbocycles. The normalized spacial score (nSPS) is 17.8. The smallest absolute Gasteiger partial charge is 0.339 e. The topological polar surface area (TPSA) is 72.9 Å². The summed E-state index contributed by atoms with van der Waals surface area (Å²) in [6.07, 6.45) is -0.304. The summed E-state index contributed by atoms with van der Waals surface area (Å²) < 4.78 is 36.0. The first-order chi connectivity index (χ1) is 15.3. The van der Waals surface area contributed by atoms with Gasteiger partial charge >= 0.3 is 10.1 Å². The molecule has 6 nitrogen and oxygen atoms in total. The second-order valence-corrected chi connectivity index (χ2v) is 9.40. The molecular formula is C25H25NO5S. The van der Waals surface area contributed by atoms with Crippen molar-refractivity contribution in [2.75, 3.05) is 13.2 Å². The van der Waals surface area contributed by atoms with Gasteiger partial charge in [0.05, 0.1) is 12.6 Å². The van der Waals surface area contributed by atoms with Crippen molar-refractivity contribution < 1.29 is 22.1 Å². The number of hydrogen-bond acceptors (Lipinski definition) is 5. The maximum atomic E-state index is 12.5. The molecule has 2 atom stereocenters. The summed E-state index contributed by atoms with van der Waals surface area (Å²) >= 11 is 0. The van der Waals surface area contributed by atoms with Gasteiger partial charge in [0.25, 0.3) is 0 Å². The molecule has 166 valence electrons. The lowest BCUT2D eigenvalue weighted by molar-refractivity contribution is -0.152. The minimum Gasteiger partial charge on any atom is -0.379 e. The van der Waals surface area contributed by atoms with Gasteiger partial charge in [-0.3, -0.25) is 4.79 Å². The van der Waals surface area contributed by atoms with Crippen LogP contribution in [0, 0.1) is 6.92 Å². The fourth-order valence-corrected chi connectivity index (χ4v) is 4.62. The number of carbonyl (C=O) groups excluding carboxylic acids is 1. The lowest BCUT2D eigenvalue weighted by Gasteiger charge is -2.37. The van der Waals surface area contributed by atoms with E-state index < -0.39 is 10.1 Å². The molecule has 1 heterocycles. The second-order valence-electron chi connectivity index (χ2n) is 7.85. The van der Waals surface area contributed by atoms with E-state index in [4.69, 9.17) is 8.92 Å². The van der Waals surface area contributed by atoms with E-state index in [0.717, 1.165) is 16.7 Å². The van der Waals surface area contributed by atoms with Gasteiger partial charge in [-0.2, -0.15) is 8.42 Å². The van der Waals surface area contributed by atoms with E-state index in [0.29, 0.717) is 6.54 Å². The van der Waals surface area contributed by atoms with Crippen LogP contribution in [-0.4, -0.2) is 32.4 Å². The number of amides is 1. The Balaban J connectivity index is 1.46. The Bertz CT molecular complexity index is 1180. The van der Waals surface area contributed by atoms with Crippen molar-refractivity contribution in [2.45, 2.75) is 30.9 Å². The minimum absolute atomic E-state index is 0.00188. The molecule has 3 aromatic rings. The fourth-order valence-electron chi connectivity index (χ4n) is 3.69. The summed E-state index contributed by atoms with van der Waals surface area (Å²) in [7, 11) is -3.91. The number of nitrogens with zero attached hydrogens (tertiary/aromatic N) is 1. The third kappa shape index (κ3) is 4.84. The zero-order valence-corrected chi connectivity index (χ0v) is 18.8. The van der Waals surface area contributed by atoms with Gasteiger partial charge in [-0.05, 0) is 49.2 Å². The monoisotopic (exact) mass is 451 g/mol. The van der Waals surface area contributed by atoms with Crippen molar-refractivity contribution in [3.63, 3.8) is 0 Å². The molecule has 1 aliphatic rings. The second kappa shape index (κ2) is 9.14. The fraction of sp³-hybridized carbons (Fsp3) is 0.240. The van der Waals surface area contributed by atoms with E-state index in [-0.39, 0.29) is 35.3 Å². The maximum Gasteiger partial charge on any atom is 0.339 e. The van der Waals surface area contributed by atoms with Crippen LogP contribution in [0.4, 0.5) is 0 Å². The average molecular weight is 452 g/mol. The Labute approximate surface area is 188 Å². The number of ether oxygens (including phenoxy) is 1. The zero-order valence-electron chi connectivity index (χ0n) is 18.0. The lowest BCUT2D eigenvalue weighted by Crippen LogP contribution is -2.44.